The van der Waals surface area contributed by atoms with Crippen LogP contribution in [0.4, 0.5) is 24.5 Å². The topological polar surface area (TPSA) is 140 Å². The lowest BCUT2D eigenvalue weighted by atomic mass is 9.90. The Kier molecular flexibility index (Phi) is 15.9. The van der Waals surface area contributed by atoms with Gasteiger partial charge in [-0.05, 0) is 124 Å². The molecule has 1 saturated heterocycles. The number of piperazine rings is 1. The van der Waals surface area contributed by atoms with Gasteiger partial charge in [0.15, 0.2) is 5.43 Å². The van der Waals surface area contributed by atoms with E-state index in [0.717, 1.165) is 76.7 Å². The molecule has 2 aliphatic carbocycles. The second-order valence-electron chi connectivity index (χ2n) is 20.0. The van der Waals surface area contributed by atoms with Crippen LogP contribution >= 0.6 is 21.6 Å². The van der Waals surface area contributed by atoms with Crippen molar-refractivity contribution < 1.29 is 41.5 Å². The second-order valence-corrected chi connectivity index (χ2v) is 22.2. The number of anilines is 2. The molecular formula is C66H57F3N5O7S2+. The number of carbonyl (C=O) groups excluding carboxylic acids is 3. The van der Waals surface area contributed by atoms with Crippen molar-refractivity contribution in [3.8, 4) is 50.7 Å². The minimum Gasteiger partial charge on any atom is -0.508 e. The van der Waals surface area contributed by atoms with Gasteiger partial charge in [0.2, 0.25) is 5.36 Å². The van der Waals surface area contributed by atoms with E-state index in [1.807, 2.05) is 36.4 Å². The van der Waals surface area contributed by atoms with Gasteiger partial charge in [-0.25, -0.2) is 4.58 Å². The average Bonchev–Trinajstić information content (AvgIpc) is 3.02. The molecule has 6 aromatic rings. The maximum Gasteiger partial charge on any atom is 0.417 e. The number of phenolic OH excluding ortho intramolecular Hbond substituents is 1. The lowest BCUT2D eigenvalue weighted by molar-refractivity contribution is -0.137. The molecule has 0 aromatic heterocycles. The Bertz CT molecular complexity index is 4220. The summed E-state index contributed by atoms with van der Waals surface area (Å²) in [7, 11) is 2.50. The van der Waals surface area contributed by atoms with Crippen LogP contribution in [-0.2, 0) is 6.18 Å². The van der Waals surface area contributed by atoms with Crippen molar-refractivity contribution in [1.29, 1.82) is 0 Å². The van der Waals surface area contributed by atoms with Crippen LogP contribution in [0.3, 0.4) is 0 Å². The number of nitrogens with zero attached hydrogens (tertiary/aromatic N) is 4. The van der Waals surface area contributed by atoms with E-state index in [2.05, 4.69) is 78.9 Å². The molecule has 2 N–H and O–H groups in total. The van der Waals surface area contributed by atoms with E-state index < -0.39 is 23.1 Å². The lowest BCUT2D eigenvalue weighted by Gasteiger charge is -2.35. The third kappa shape index (κ3) is 11.2. The lowest BCUT2D eigenvalue weighted by Crippen LogP contribution is -2.50. The highest BCUT2D eigenvalue weighted by molar-refractivity contribution is 8.76. The largest absolute Gasteiger partial charge is 0.508 e. The van der Waals surface area contributed by atoms with Crippen molar-refractivity contribution in [3.05, 3.63) is 202 Å². The Morgan fingerprint density at radius 3 is 1.78 bits per heavy atom. The molecule has 3 heterocycles. The average molecular weight is 1150 g/mol. The second kappa shape index (κ2) is 23.6. The maximum atomic E-state index is 15.1. The fraction of sp³-hybridized carbons (Fsp3) is 0.197. The number of halogens is 3. The van der Waals surface area contributed by atoms with Gasteiger partial charge in [0.25, 0.3) is 17.7 Å². The first-order valence-electron chi connectivity index (χ1n) is 27.4. The number of aromatic hydroxyl groups is 1. The van der Waals surface area contributed by atoms with Gasteiger partial charge in [-0.2, -0.15) is 13.2 Å². The summed E-state index contributed by atoms with van der Waals surface area (Å²) in [4.78, 5) is 62.5. The predicted octanol–water partition coefficient (Wildman–Crippen LogP) is 14.1. The van der Waals surface area contributed by atoms with Crippen LogP contribution in [0.25, 0.3) is 66.8 Å². The molecule has 0 saturated carbocycles. The van der Waals surface area contributed by atoms with Gasteiger partial charge in [0.05, 0.1) is 22.8 Å². The molecule has 12 nitrogen and oxygen atoms in total. The fourth-order valence-corrected chi connectivity index (χ4v) is 13.4. The van der Waals surface area contributed by atoms with Crippen LogP contribution in [0.2, 0.25) is 0 Å². The molecule has 6 aromatic carbocycles. The van der Waals surface area contributed by atoms with Crippen LogP contribution in [0, 0.1) is 0 Å². The van der Waals surface area contributed by atoms with Gasteiger partial charge in [0, 0.05) is 123 Å². The molecule has 0 bridgehead atoms. The minimum atomic E-state index is -4.89. The van der Waals surface area contributed by atoms with Gasteiger partial charge < -0.3 is 34.0 Å². The SMILES string of the molecule is CCN(CC)c1ccc2c(-c3ccccc3C(=O)N3CCN(C(=O)c4ccccc4SSc4ccccc4C(=O)Nc4ccc(-c5c6ccc(=O)cc-6oc6cc(O)ccc56)c(C(F)(F)F)c4)CC3)c3ccc(=[N+](CC)CC)cc-3oc2c1. The first-order chi connectivity index (χ1) is 40.2. The van der Waals surface area contributed by atoms with E-state index in [1.165, 1.54) is 70.1 Å². The molecule has 83 heavy (non-hydrogen) atoms. The van der Waals surface area contributed by atoms with Crippen LogP contribution in [0.5, 0.6) is 5.75 Å². The molecule has 0 radical (unpaired) electrons. The zero-order valence-electron chi connectivity index (χ0n) is 45.9. The Labute approximate surface area is 484 Å². The van der Waals surface area contributed by atoms with E-state index in [4.69, 9.17) is 8.83 Å². The third-order valence-electron chi connectivity index (χ3n) is 15.2. The normalized spacial score (nSPS) is 12.8. The van der Waals surface area contributed by atoms with Crippen molar-refractivity contribution in [2.24, 2.45) is 0 Å². The summed E-state index contributed by atoms with van der Waals surface area (Å²) in [6, 6.07) is 45.5. The van der Waals surface area contributed by atoms with Gasteiger partial charge in [-0.15, -0.1) is 0 Å². The molecule has 5 aliphatic rings. The molecule has 420 valence electrons. The summed E-state index contributed by atoms with van der Waals surface area (Å²) in [6.07, 6.45) is -4.89. The zero-order valence-corrected chi connectivity index (χ0v) is 47.5. The summed E-state index contributed by atoms with van der Waals surface area (Å²) in [5, 5.41) is 15.1. The summed E-state index contributed by atoms with van der Waals surface area (Å²) < 4.78 is 60.2. The Morgan fingerprint density at radius 1 is 0.590 bits per heavy atom. The van der Waals surface area contributed by atoms with Gasteiger partial charge in [-0.1, -0.05) is 70.1 Å². The maximum absolute atomic E-state index is 15.1. The number of phenols is 1. The van der Waals surface area contributed by atoms with Gasteiger partial charge in [0.1, 0.15) is 41.5 Å². The van der Waals surface area contributed by atoms with E-state index in [1.54, 1.807) is 46.2 Å². The van der Waals surface area contributed by atoms with Crippen LogP contribution < -0.4 is 25.6 Å². The summed E-state index contributed by atoms with van der Waals surface area (Å²) in [6.45, 7) is 13.0. The number of fused-ring (bicyclic) bond motifs is 4. The first-order valence-corrected chi connectivity index (χ1v) is 29.6. The minimum absolute atomic E-state index is 0.0403. The highest BCUT2D eigenvalue weighted by Crippen LogP contribution is 2.48. The van der Waals surface area contributed by atoms with Crippen molar-refractivity contribution in [1.82, 2.24) is 14.4 Å². The van der Waals surface area contributed by atoms with Crippen LogP contribution in [-0.4, -0.2) is 85.0 Å². The fourth-order valence-electron chi connectivity index (χ4n) is 11.0. The number of hydrogen-bond acceptors (Lipinski definition) is 10. The van der Waals surface area contributed by atoms with E-state index in [0.29, 0.717) is 47.1 Å². The summed E-state index contributed by atoms with van der Waals surface area (Å²) in [5.41, 5.74) is 4.21. The molecule has 1 fully saturated rings. The molecule has 3 aliphatic heterocycles. The number of alkyl halides is 3. The first kappa shape index (κ1) is 56.1. The molecule has 0 unspecified atom stereocenters. The van der Waals surface area contributed by atoms with Crippen molar-refractivity contribution in [2.75, 3.05) is 62.6 Å². The Morgan fingerprint density at radius 2 is 1.13 bits per heavy atom. The zero-order chi connectivity index (χ0) is 58.1. The van der Waals surface area contributed by atoms with Crippen LogP contribution in [0.1, 0.15) is 64.3 Å². The molecular weight excluding hydrogens is 1100 g/mol. The van der Waals surface area contributed by atoms with Crippen molar-refractivity contribution in [2.45, 2.75) is 43.7 Å². The third-order valence-corrected chi connectivity index (χ3v) is 17.7. The van der Waals surface area contributed by atoms with Crippen molar-refractivity contribution >= 4 is 72.6 Å². The van der Waals surface area contributed by atoms with E-state index in [9.17, 15) is 24.3 Å². The number of rotatable bonds is 14. The number of amides is 3. The highest BCUT2D eigenvalue weighted by Gasteiger charge is 2.36. The molecule has 0 spiro atoms. The van der Waals surface area contributed by atoms with Gasteiger partial charge >= 0.3 is 6.18 Å². The Balaban J connectivity index is 0.805. The number of nitrogens with one attached hydrogen (secondary N) is 1. The number of carbonyl (C=O) groups is 3. The monoisotopic (exact) mass is 1150 g/mol. The predicted molar refractivity (Wildman–Crippen MR) is 324 cm³/mol. The Hall–Kier alpha value is -8.80. The molecule has 11 rings (SSSR count). The quantitative estimate of drug-likeness (QED) is 0.0614. The highest BCUT2D eigenvalue weighted by atomic mass is 33.1. The summed E-state index contributed by atoms with van der Waals surface area (Å²) >= 11 is 0. The smallest absolute Gasteiger partial charge is 0.417 e. The number of benzene rings is 8. The van der Waals surface area contributed by atoms with E-state index >= 15 is 13.2 Å². The standard InChI is InChI=1S/C66H56F3N5O7S2/c1-5-71(6-2)41-22-27-48-55(36-41)80-56-37-42(72(7-3)8-4)23-28-49(56)61(48)45-15-9-10-16-46(45)64(78)73-31-33-74(34-32-73)65(79)53-18-12-14-20-60(53)83-82-59-19-13-11-17-52(59)63(77)70-40-21-26-47(54(35-40)66(67,68)69)62-50-29-24-43(75)38-57(50)81-58-39-44(76)25-30-51(58)62/h9-30,35-39H,5-8,31-34H2,1-4H3,(H-,70,75,76,77)/p+1. The van der Waals surface area contributed by atoms with Crippen molar-refractivity contribution in [3.63, 3.8) is 0 Å². The van der Waals surface area contributed by atoms with Gasteiger partial charge in [-0.3, -0.25) is 19.2 Å². The molecule has 17 heteroatoms. The summed E-state index contributed by atoms with van der Waals surface area (Å²) in [5.74, 6) is -0.427. The van der Waals surface area contributed by atoms with E-state index in [-0.39, 0.29) is 62.2 Å². The molecule has 3 amide bonds. The van der Waals surface area contributed by atoms with Crippen LogP contribution in [0.15, 0.2) is 187 Å². The number of hydrogen-bond donors (Lipinski definition) is 2. The molecule has 0 atom stereocenters.